The number of pyridine rings is 1. The van der Waals surface area contributed by atoms with Gasteiger partial charge in [0.05, 0.1) is 27.9 Å². The Morgan fingerprint density at radius 2 is 1.70 bits per heavy atom. The molecule has 270 valence electrons. The van der Waals surface area contributed by atoms with E-state index in [-0.39, 0.29) is 54.9 Å². The molecule has 19 heteroatoms. The Balaban J connectivity index is 1.42. The molecule has 5 rings (SSSR count). The lowest BCUT2D eigenvalue weighted by atomic mass is 9.85. The lowest BCUT2D eigenvalue weighted by Crippen LogP contribution is -2.40. The molecule has 2 amide bonds. The number of benzene rings is 1. The Labute approximate surface area is 283 Å². The fourth-order valence-electron chi connectivity index (χ4n) is 5.63. The molecule has 1 aliphatic carbocycles. The first-order chi connectivity index (χ1) is 23.4. The lowest BCUT2D eigenvalue weighted by Gasteiger charge is -2.30. The maximum absolute atomic E-state index is 14.1. The summed E-state index contributed by atoms with van der Waals surface area (Å²) in [5.41, 5.74) is -1.02. The Morgan fingerprint density at radius 1 is 1.00 bits per heavy atom. The van der Waals surface area contributed by atoms with Crippen molar-refractivity contribution in [3.63, 3.8) is 0 Å². The van der Waals surface area contributed by atoms with Gasteiger partial charge in [0.1, 0.15) is 16.0 Å². The van der Waals surface area contributed by atoms with Crippen LogP contribution in [0, 0.1) is 19.8 Å². The molecule has 1 saturated carbocycles. The molecule has 0 aliphatic heterocycles. The molecule has 0 spiro atoms. The van der Waals surface area contributed by atoms with Crippen LogP contribution >= 0.6 is 11.3 Å². The molecular formula is C31H31F8N7O3S. The van der Waals surface area contributed by atoms with Crippen molar-refractivity contribution in [3.05, 3.63) is 56.5 Å². The van der Waals surface area contributed by atoms with Crippen LogP contribution in [0.5, 0.6) is 5.88 Å². The second kappa shape index (κ2) is 14.4. The zero-order valence-corrected chi connectivity index (χ0v) is 27.5. The van der Waals surface area contributed by atoms with E-state index in [4.69, 9.17) is 4.74 Å². The highest BCUT2D eigenvalue weighted by atomic mass is 32.1. The zero-order valence-electron chi connectivity index (χ0n) is 26.7. The van der Waals surface area contributed by atoms with Gasteiger partial charge >= 0.3 is 12.4 Å². The summed E-state index contributed by atoms with van der Waals surface area (Å²) in [4.78, 5) is 38.9. The Morgan fingerprint density at radius 3 is 2.30 bits per heavy atom. The monoisotopic (exact) mass is 733 g/mol. The average molecular weight is 734 g/mol. The predicted molar refractivity (Wildman–Crippen MR) is 167 cm³/mol. The van der Waals surface area contributed by atoms with Crippen LogP contribution in [-0.2, 0) is 19.8 Å². The smallest absolute Gasteiger partial charge is 0.418 e. The number of nitrogens with zero attached hydrogens (tertiary/aromatic N) is 4. The summed E-state index contributed by atoms with van der Waals surface area (Å²) in [6.07, 6.45) is -12.4. The van der Waals surface area contributed by atoms with Gasteiger partial charge in [0.25, 0.3) is 18.2 Å². The second-order valence-electron chi connectivity index (χ2n) is 11.8. The number of rotatable bonds is 10. The molecule has 0 unspecified atom stereocenters. The van der Waals surface area contributed by atoms with E-state index in [2.05, 4.69) is 30.9 Å². The van der Waals surface area contributed by atoms with Gasteiger partial charge in [-0.25, -0.2) is 18.7 Å². The molecule has 1 fully saturated rings. The van der Waals surface area contributed by atoms with Crippen LogP contribution in [-0.4, -0.2) is 56.6 Å². The predicted octanol–water partition coefficient (Wildman–Crippen LogP) is 7.23. The molecule has 3 N–H and O–H groups in total. The number of anilines is 2. The van der Waals surface area contributed by atoms with Crippen LogP contribution < -0.4 is 20.7 Å². The van der Waals surface area contributed by atoms with Crippen LogP contribution in [0.2, 0.25) is 0 Å². The van der Waals surface area contributed by atoms with Crippen molar-refractivity contribution in [1.82, 2.24) is 30.2 Å². The van der Waals surface area contributed by atoms with Gasteiger partial charge in [-0.2, -0.15) is 31.3 Å². The summed E-state index contributed by atoms with van der Waals surface area (Å²) in [6, 6.07) is 3.76. The highest BCUT2D eigenvalue weighted by Crippen LogP contribution is 2.39. The number of halogens is 8. The summed E-state index contributed by atoms with van der Waals surface area (Å²) in [5, 5.41) is 8.58. The summed E-state index contributed by atoms with van der Waals surface area (Å²) >= 11 is 1.18. The molecule has 50 heavy (non-hydrogen) atoms. The number of thiazole rings is 1. The van der Waals surface area contributed by atoms with Crippen molar-refractivity contribution >= 4 is 46.0 Å². The van der Waals surface area contributed by atoms with Gasteiger partial charge in [-0.1, -0.05) is 6.07 Å². The first-order valence-electron chi connectivity index (χ1n) is 15.3. The minimum atomic E-state index is -4.80. The van der Waals surface area contributed by atoms with Crippen LogP contribution in [0.1, 0.15) is 67.5 Å². The fourth-order valence-corrected chi connectivity index (χ4v) is 6.46. The number of fused-ring (bicyclic) bond motifs is 1. The van der Waals surface area contributed by atoms with Crippen molar-refractivity contribution < 1.29 is 49.4 Å². The number of nitrogens with one attached hydrogen (secondary N) is 3. The minimum Gasteiger partial charge on any atom is -0.471 e. The third-order valence-electron chi connectivity index (χ3n) is 8.12. The number of hydrogen-bond donors (Lipinski definition) is 3. The quantitative estimate of drug-likeness (QED) is 0.147. The van der Waals surface area contributed by atoms with Crippen LogP contribution in [0.15, 0.2) is 24.3 Å². The molecule has 0 saturated heterocycles. The zero-order chi connectivity index (χ0) is 36.5. The van der Waals surface area contributed by atoms with Crippen LogP contribution in [0.25, 0.3) is 11.2 Å². The maximum atomic E-state index is 14.1. The number of imidazole rings is 1. The van der Waals surface area contributed by atoms with Gasteiger partial charge in [-0.15, -0.1) is 11.3 Å². The van der Waals surface area contributed by atoms with Gasteiger partial charge in [0, 0.05) is 19.6 Å². The van der Waals surface area contributed by atoms with E-state index in [0.29, 0.717) is 21.1 Å². The molecule has 0 bridgehead atoms. The first-order valence-corrected chi connectivity index (χ1v) is 16.1. The van der Waals surface area contributed by atoms with E-state index in [1.54, 1.807) is 13.8 Å². The van der Waals surface area contributed by atoms with Gasteiger partial charge in [-0.05, 0) is 63.3 Å². The van der Waals surface area contributed by atoms with E-state index >= 15 is 0 Å². The highest BCUT2D eigenvalue weighted by Gasteiger charge is 2.42. The van der Waals surface area contributed by atoms with Crippen molar-refractivity contribution in [1.29, 1.82) is 0 Å². The molecule has 3 aromatic heterocycles. The lowest BCUT2D eigenvalue weighted by molar-refractivity contribution is -0.182. The van der Waals surface area contributed by atoms with Crippen molar-refractivity contribution in [2.24, 2.45) is 13.0 Å². The Bertz CT molecular complexity index is 1880. The molecule has 1 aromatic carbocycles. The third kappa shape index (κ3) is 8.42. The van der Waals surface area contributed by atoms with Crippen molar-refractivity contribution in [2.75, 3.05) is 11.9 Å². The number of amides is 2. The highest BCUT2D eigenvalue weighted by molar-refractivity contribution is 7.13. The second-order valence-corrected chi connectivity index (χ2v) is 13.0. The summed E-state index contributed by atoms with van der Waals surface area (Å²) in [7, 11) is 1.39. The van der Waals surface area contributed by atoms with Crippen LogP contribution in [0.3, 0.4) is 0 Å². The van der Waals surface area contributed by atoms with Crippen molar-refractivity contribution in [3.8, 4) is 5.88 Å². The first kappa shape index (κ1) is 36.7. The molecule has 1 aliphatic rings. The number of hydrogen-bond acceptors (Lipinski definition) is 8. The topological polar surface area (TPSA) is 123 Å². The minimum absolute atomic E-state index is 0.0162. The number of aryl methyl sites for hydroxylation is 3. The summed E-state index contributed by atoms with van der Waals surface area (Å²) < 4.78 is 114. The molecule has 4 aromatic rings. The number of ether oxygens (including phenoxy) is 1. The molecule has 0 radical (unpaired) electrons. The molecule has 10 nitrogen and oxygen atoms in total. The van der Waals surface area contributed by atoms with Gasteiger partial charge in [0.15, 0.2) is 12.3 Å². The number of aromatic nitrogens is 4. The molecule has 3 heterocycles. The maximum Gasteiger partial charge on any atom is 0.418 e. The fraction of sp³-hybridized carbons (Fsp3) is 0.452. The van der Waals surface area contributed by atoms with E-state index in [0.717, 1.165) is 12.1 Å². The molecular weight excluding hydrogens is 702 g/mol. The van der Waals surface area contributed by atoms with E-state index in [1.807, 2.05) is 0 Å². The standard InChI is InChI=1S/C31H31F8N7O3S/c1-14-24(50-15(2)41-14)27(48)40-12-16-4-9-20(31(37,38)39)21(10-16)43-29-44-22-11-19(28(49-13-23(32)33)45-25(22)46(29)3)26(47)42-18-7-5-17(6-8-18)30(34,35)36/h4,9-11,17-18,23H,5-8,12-13H2,1-3H3,(H,40,48)(H,42,47)(H,43,44)/t17-,18+. The average Bonchev–Trinajstić information content (AvgIpc) is 3.53. The van der Waals surface area contributed by atoms with E-state index < -0.39 is 66.3 Å². The number of carbonyl (C=O) groups excluding carboxylic acids is 2. The van der Waals surface area contributed by atoms with Crippen LogP contribution in [0.4, 0.5) is 46.8 Å². The summed E-state index contributed by atoms with van der Waals surface area (Å²) in [5.74, 6) is -3.47. The van der Waals surface area contributed by atoms with Gasteiger partial charge in [0.2, 0.25) is 11.8 Å². The van der Waals surface area contributed by atoms with E-state index in [1.165, 1.54) is 35.1 Å². The summed E-state index contributed by atoms with van der Waals surface area (Å²) in [6.45, 7) is 2.15. The third-order valence-corrected chi connectivity index (χ3v) is 9.20. The number of alkyl halides is 8. The SMILES string of the molecule is Cc1nc(C)c(C(=O)NCc2ccc(C(F)(F)F)c(Nc3nc4cc(C(=O)N[C@H]5CC[C@@H](C(F)(F)F)CC5)c(OCC(F)F)nc4n3C)c2)s1. The normalized spacial score (nSPS) is 16.9. The molecule has 0 atom stereocenters. The Kier molecular flexibility index (Phi) is 10.5. The van der Waals surface area contributed by atoms with Gasteiger partial charge < -0.3 is 20.7 Å². The van der Waals surface area contributed by atoms with E-state index in [9.17, 15) is 44.7 Å². The number of carbonyl (C=O) groups is 2. The largest absolute Gasteiger partial charge is 0.471 e. The Hall–Kier alpha value is -4.55. The van der Waals surface area contributed by atoms with Crippen molar-refractivity contribution in [2.45, 2.75) is 70.9 Å². The van der Waals surface area contributed by atoms with Gasteiger partial charge in [-0.3, -0.25) is 14.2 Å².